The van der Waals surface area contributed by atoms with Crippen LogP contribution >= 0.6 is 0 Å². The summed E-state index contributed by atoms with van der Waals surface area (Å²) < 4.78 is 7.23. The Morgan fingerprint density at radius 1 is 1.03 bits per heavy atom. The molecule has 5 N–H and O–H groups in total. The normalized spacial score (nSPS) is 22.4. The number of nitrogen functional groups attached to an aromatic ring is 1. The Labute approximate surface area is 176 Å². The Morgan fingerprint density at radius 3 is 2.50 bits per heavy atom. The van der Waals surface area contributed by atoms with Crippen molar-refractivity contribution in [2.75, 3.05) is 42.3 Å². The SMILES string of the molecule is Nc1cc(Nc2ccc(N3CCOCC3)cc2)c2nc(C3CCC(N)CC3)cn2n1. The Hall–Kier alpha value is -2.84. The number of ether oxygens (including phenoxy) is 1. The quantitative estimate of drug-likeness (QED) is 0.610. The highest BCUT2D eigenvalue weighted by molar-refractivity contribution is 5.76. The summed E-state index contributed by atoms with van der Waals surface area (Å²) in [6.07, 6.45) is 6.27. The van der Waals surface area contributed by atoms with Gasteiger partial charge >= 0.3 is 0 Å². The van der Waals surface area contributed by atoms with Crippen LogP contribution in [0.5, 0.6) is 0 Å². The Balaban J connectivity index is 1.38. The average Bonchev–Trinajstić information content (AvgIpc) is 3.19. The lowest BCUT2D eigenvalue weighted by Gasteiger charge is -2.28. The third kappa shape index (κ3) is 3.93. The number of morpholine rings is 1. The zero-order valence-corrected chi connectivity index (χ0v) is 17.1. The molecule has 2 aliphatic rings. The zero-order valence-electron chi connectivity index (χ0n) is 17.1. The van der Waals surface area contributed by atoms with Gasteiger partial charge in [0.25, 0.3) is 0 Å². The van der Waals surface area contributed by atoms with Crippen LogP contribution in [0.2, 0.25) is 0 Å². The summed E-state index contributed by atoms with van der Waals surface area (Å²) in [6, 6.07) is 10.6. The maximum Gasteiger partial charge on any atom is 0.177 e. The molecule has 0 amide bonds. The molecule has 0 radical (unpaired) electrons. The number of anilines is 4. The minimum atomic E-state index is 0.324. The monoisotopic (exact) mass is 407 g/mol. The van der Waals surface area contributed by atoms with E-state index in [-0.39, 0.29) is 0 Å². The van der Waals surface area contributed by atoms with E-state index in [1.54, 1.807) is 4.52 Å². The van der Waals surface area contributed by atoms with Crippen molar-refractivity contribution in [2.24, 2.45) is 5.73 Å². The van der Waals surface area contributed by atoms with Crippen LogP contribution in [0.3, 0.4) is 0 Å². The van der Waals surface area contributed by atoms with E-state index in [1.165, 1.54) is 5.69 Å². The summed E-state index contributed by atoms with van der Waals surface area (Å²) in [7, 11) is 0. The van der Waals surface area contributed by atoms with Gasteiger partial charge in [0, 0.05) is 42.5 Å². The van der Waals surface area contributed by atoms with Crippen molar-refractivity contribution >= 4 is 28.5 Å². The number of benzene rings is 1. The number of hydrogen-bond acceptors (Lipinski definition) is 7. The van der Waals surface area contributed by atoms with Gasteiger partial charge in [-0.05, 0) is 49.9 Å². The number of hydrogen-bond donors (Lipinski definition) is 3. The van der Waals surface area contributed by atoms with Gasteiger partial charge in [0.05, 0.1) is 30.8 Å². The summed E-state index contributed by atoms with van der Waals surface area (Å²) in [5.41, 5.74) is 17.1. The van der Waals surface area contributed by atoms with E-state index in [0.717, 1.165) is 74.7 Å². The molecule has 0 unspecified atom stereocenters. The number of fused-ring (bicyclic) bond motifs is 1. The van der Waals surface area contributed by atoms with Gasteiger partial charge in [0.2, 0.25) is 0 Å². The molecule has 30 heavy (non-hydrogen) atoms. The molecule has 3 aromatic rings. The zero-order chi connectivity index (χ0) is 20.5. The molecular formula is C22H29N7O. The number of imidazole rings is 1. The van der Waals surface area contributed by atoms with Gasteiger partial charge < -0.3 is 26.4 Å². The molecule has 8 nitrogen and oxygen atoms in total. The molecule has 0 spiro atoms. The number of nitrogens with one attached hydrogen (secondary N) is 1. The molecular weight excluding hydrogens is 378 g/mol. The van der Waals surface area contributed by atoms with E-state index < -0.39 is 0 Å². The van der Waals surface area contributed by atoms with Crippen LogP contribution in [0.25, 0.3) is 5.65 Å². The van der Waals surface area contributed by atoms with E-state index >= 15 is 0 Å². The summed E-state index contributed by atoms with van der Waals surface area (Å²) in [6.45, 7) is 3.42. The van der Waals surface area contributed by atoms with Crippen LogP contribution in [0.15, 0.2) is 36.5 Å². The van der Waals surface area contributed by atoms with Crippen LogP contribution in [0.1, 0.15) is 37.3 Å². The van der Waals surface area contributed by atoms with Crippen molar-refractivity contribution in [3.63, 3.8) is 0 Å². The van der Waals surface area contributed by atoms with Gasteiger partial charge in [-0.15, -0.1) is 5.10 Å². The number of nitrogens with two attached hydrogens (primary N) is 2. The molecule has 1 saturated heterocycles. The van der Waals surface area contributed by atoms with E-state index in [4.69, 9.17) is 21.2 Å². The highest BCUT2D eigenvalue weighted by Crippen LogP contribution is 2.33. The maximum absolute atomic E-state index is 6.07. The highest BCUT2D eigenvalue weighted by atomic mass is 16.5. The molecule has 1 aromatic carbocycles. The van der Waals surface area contributed by atoms with Crippen LogP contribution < -0.4 is 21.7 Å². The van der Waals surface area contributed by atoms with E-state index in [0.29, 0.717) is 17.8 Å². The third-order valence-electron chi connectivity index (χ3n) is 6.18. The molecule has 2 aromatic heterocycles. The smallest absolute Gasteiger partial charge is 0.177 e. The first-order valence-electron chi connectivity index (χ1n) is 10.8. The Morgan fingerprint density at radius 2 is 1.77 bits per heavy atom. The number of aromatic nitrogens is 3. The second-order valence-corrected chi connectivity index (χ2v) is 8.30. The molecule has 2 fully saturated rings. The predicted molar refractivity (Wildman–Crippen MR) is 119 cm³/mol. The van der Waals surface area contributed by atoms with Gasteiger partial charge in [0.1, 0.15) is 5.82 Å². The molecule has 0 bridgehead atoms. The number of nitrogens with zero attached hydrogens (tertiary/aromatic N) is 4. The maximum atomic E-state index is 6.07. The van der Waals surface area contributed by atoms with Gasteiger partial charge in [-0.2, -0.15) is 0 Å². The average molecular weight is 408 g/mol. The fourth-order valence-corrected chi connectivity index (χ4v) is 4.45. The predicted octanol–water partition coefficient (Wildman–Crippen LogP) is 2.88. The van der Waals surface area contributed by atoms with Crippen molar-refractivity contribution in [1.82, 2.24) is 14.6 Å². The molecule has 1 saturated carbocycles. The van der Waals surface area contributed by atoms with Crippen molar-refractivity contribution in [3.8, 4) is 0 Å². The lowest BCUT2D eigenvalue weighted by atomic mass is 9.85. The fraction of sp³-hybridized carbons (Fsp3) is 0.455. The van der Waals surface area contributed by atoms with Crippen LogP contribution in [-0.4, -0.2) is 46.9 Å². The third-order valence-corrected chi connectivity index (χ3v) is 6.18. The number of rotatable bonds is 4. The molecule has 3 heterocycles. The standard InChI is InChI=1S/C22H29N7O/c23-16-3-1-15(2-4-16)20-14-29-22(26-20)19(13-21(24)27-29)25-17-5-7-18(8-6-17)28-9-11-30-12-10-28/h5-8,13-16,25H,1-4,9-12,23H2,(H2,24,27). The van der Waals surface area contributed by atoms with Gasteiger partial charge in [-0.1, -0.05) is 0 Å². The largest absolute Gasteiger partial charge is 0.382 e. The van der Waals surface area contributed by atoms with Crippen molar-refractivity contribution in [2.45, 2.75) is 37.6 Å². The van der Waals surface area contributed by atoms with Crippen molar-refractivity contribution in [1.29, 1.82) is 0 Å². The van der Waals surface area contributed by atoms with Gasteiger partial charge in [-0.25, -0.2) is 9.50 Å². The molecule has 0 atom stereocenters. The lowest BCUT2D eigenvalue weighted by molar-refractivity contribution is 0.122. The second-order valence-electron chi connectivity index (χ2n) is 8.30. The molecule has 1 aliphatic heterocycles. The Bertz CT molecular complexity index is 1000. The molecule has 158 valence electrons. The first kappa shape index (κ1) is 19.1. The molecule has 5 rings (SSSR count). The fourth-order valence-electron chi connectivity index (χ4n) is 4.45. The van der Waals surface area contributed by atoms with Crippen molar-refractivity contribution < 1.29 is 4.74 Å². The molecule has 8 heteroatoms. The van der Waals surface area contributed by atoms with Gasteiger partial charge in [0.15, 0.2) is 5.65 Å². The summed E-state index contributed by atoms with van der Waals surface area (Å²) >= 11 is 0. The summed E-state index contributed by atoms with van der Waals surface area (Å²) in [4.78, 5) is 7.25. The van der Waals surface area contributed by atoms with Crippen LogP contribution in [0.4, 0.5) is 22.9 Å². The van der Waals surface area contributed by atoms with E-state index in [2.05, 4.69) is 39.6 Å². The van der Waals surface area contributed by atoms with Crippen LogP contribution in [0, 0.1) is 0 Å². The van der Waals surface area contributed by atoms with Crippen molar-refractivity contribution in [3.05, 3.63) is 42.2 Å². The van der Waals surface area contributed by atoms with Gasteiger partial charge in [-0.3, -0.25) is 0 Å². The highest BCUT2D eigenvalue weighted by Gasteiger charge is 2.23. The van der Waals surface area contributed by atoms with E-state index in [1.807, 2.05) is 12.3 Å². The summed E-state index contributed by atoms with van der Waals surface area (Å²) in [5, 5.41) is 7.91. The van der Waals surface area contributed by atoms with Crippen LogP contribution in [-0.2, 0) is 4.74 Å². The first-order chi connectivity index (χ1) is 14.7. The second kappa shape index (κ2) is 8.12. The topological polar surface area (TPSA) is 107 Å². The minimum absolute atomic E-state index is 0.324. The molecule has 1 aliphatic carbocycles. The first-order valence-corrected chi connectivity index (χ1v) is 10.8. The summed E-state index contributed by atoms with van der Waals surface area (Å²) in [5.74, 6) is 0.901. The minimum Gasteiger partial charge on any atom is -0.382 e. The lowest BCUT2D eigenvalue weighted by Crippen LogP contribution is -2.36. The van der Waals surface area contributed by atoms with E-state index in [9.17, 15) is 0 Å². The Kier molecular flexibility index (Phi) is 5.18.